The molecule has 0 bridgehead atoms. The summed E-state index contributed by atoms with van der Waals surface area (Å²) in [6, 6.07) is 10.1. The van der Waals surface area contributed by atoms with Crippen LogP contribution >= 0.6 is 0 Å². The zero-order valence-electron chi connectivity index (χ0n) is 9.89. The van der Waals surface area contributed by atoms with E-state index in [1.165, 1.54) is 18.2 Å². The normalized spacial score (nSPS) is 12.1. The second-order valence-corrected chi connectivity index (χ2v) is 4.12. The number of halogens is 1. The second kappa shape index (κ2) is 4.96. The molecule has 0 radical (unpaired) electrons. The Morgan fingerprint density at radius 3 is 2.39 bits per heavy atom. The van der Waals surface area contributed by atoms with E-state index in [2.05, 4.69) is 5.32 Å². The fourth-order valence-electron chi connectivity index (χ4n) is 1.76. The first kappa shape index (κ1) is 12.2. The number of rotatable bonds is 3. The van der Waals surface area contributed by atoms with Crippen molar-refractivity contribution in [3.8, 4) is 11.5 Å². The third-order valence-corrected chi connectivity index (χ3v) is 2.71. The van der Waals surface area contributed by atoms with E-state index in [4.69, 9.17) is 0 Å². The van der Waals surface area contributed by atoms with Crippen LogP contribution in [0.3, 0.4) is 0 Å². The number of phenolic OH excluding ortho intramolecular Hbond substituents is 2. The van der Waals surface area contributed by atoms with Gasteiger partial charge in [-0.2, -0.15) is 0 Å². The Hall–Kier alpha value is -2.23. The summed E-state index contributed by atoms with van der Waals surface area (Å²) in [7, 11) is 0. The van der Waals surface area contributed by atoms with Gasteiger partial charge in [-0.15, -0.1) is 0 Å². The minimum Gasteiger partial charge on any atom is -0.508 e. The van der Waals surface area contributed by atoms with Crippen molar-refractivity contribution in [3.63, 3.8) is 0 Å². The summed E-state index contributed by atoms with van der Waals surface area (Å²) in [5.74, 6) is -0.154. The highest BCUT2D eigenvalue weighted by Crippen LogP contribution is 2.28. The van der Waals surface area contributed by atoms with Gasteiger partial charge in [-0.1, -0.05) is 0 Å². The van der Waals surface area contributed by atoms with Gasteiger partial charge in [-0.05, 0) is 49.4 Å². The van der Waals surface area contributed by atoms with Crippen LogP contribution in [0.5, 0.6) is 11.5 Å². The topological polar surface area (TPSA) is 52.5 Å². The van der Waals surface area contributed by atoms with Gasteiger partial charge < -0.3 is 15.5 Å². The Balaban J connectivity index is 2.18. The molecule has 0 spiro atoms. The highest BCUT2D eigenvalue weighted by atomic mass is 19.1. The van der Waals surface area contributed by atoms with Gasteiger partial charge in [0, 0.05) is 11.3 Å². The van der Waals surface area contributed by atoms with Crippen molar-refractivity contribution in [1.82, 2.24) is 0 Å². The lowest BCUT2D eigenvalue weighted by molar-refractivity contribution is 0.462. The van der Waals surface area contributed by atoms with E-state index in [1.807, 2.05) is 6.92 Å². The minimum absolute atomic E-state index is 0.0511. The van der Waals surface area contributed by atoms with E-state index in [0.717, 1.165) is 5.69 Å². The van der Waals surface area contributed by atoms with Crippen LogP contribution in [0.25, 0.3) is 0 Å². The Labute approximate surface area is 105 Å². The SMILES string of the molecule is CC(Nc1ccc(O)cc1)c1cc(F)ccc1O. The molecule has 2 aromatic rings. The van der Waals surface area contributed by atoms with Crippen LogP contribution in [-0.4, -0.2) is 10.2 Å². The maximum Gasteiger partial charge on any atom is 0.123 e. The number of aromatic hydroxyl groups is 2. The third kappa shape index (κ3) is 2.71. The number of benzene rings is 2. The predicted octanol–water partition coefficient (Wildman–Crippen LogP) is 3.41. The van der Waals surface area contributed by atoms with Crippen molar-refractivity contribution in [1.29, 1.82) is 0 Å². The molecule has 18 heavy (non-hydrogen) atoms. The van der Waals surface area contributed by atoms with Crippen molar-refractivity contribution in [2.75, 3.05) is 5.32 Å². The van der Waals surface area contributed by atoms with Crippen LogP contribution in [0.4, 0.5) is 10.1 Å². The summed E-state index contributed by atoms with van der Waals surface area (Å²) in [6.07, 6.45) is 0. The van der Waals surface area contributed by atoms with Gasteiger partial charge in [0.25, 0.3) is 0 Å². The number of phenols is 2. The fraction of sp³-hybridized carbons (Fsp3) is 0.143. The smallest absolute Gasteiger partial charge is 0.123 e. The van der Waals surface area contributed by atoms with Crippen LogP contribution in [-0.2, 0) is 0 Å². The molecule has 4 heteroatoms. The largest absolute Gasteiger partial charge is 0.508 e. The third-order valence-electron chi connectivity index (χ3n) is 2.71. The molecule has 0 aliphatic heterocycles. The predicted molar refractivity (Wildman–Crippen MR) is 68.2 cm³/mol. The Morgan fingerprint density at radius 2 is 1.72 bits per heavy atom. The van der Waals surface area contributed by atoms with E-state index in [-0.39, 0.29) is 23.4 Å². The number of hydrogen-bond donors (Lipinski definition) is 3. The molecule has 1 unspecified atom stereocenters. The summed E-state index contributed by atoms with van der Waals surface area (Å²) in [5.41, 5.74) is 1.27. The first-order valence-electron chi connectivity index (χ1n) is 5.60. The Kier molecular flexibility index (Phi) is 3.37. The van der Waals surface area contributed by atoms with E-state index < -0.39 is 0 Å². The monoisotopic (exact) mass is 247 g/mol. The van der Waals surface area contributed by atoms with E-state index in [1.54, 1.807) is 24.3 Å². The zero-order chi connectivity index (χ0) is 13.1. The molecule has 0 heterocycles. The molecule has 94 valence electrons. The van der Waals surface area contributed by atoms with Crippen molar-refractivity contribution in [3.05, 3.63) is 53.8 Å². The lowest BCUT2D eigenvalue weighted by Crippen LogP contribution is -2.07. The highest BCUT2D eigenvalue weighted by Gasteiger charge is 2.11. The molecule has 0 aliphatic carbocycles. The first-order valence-corrected chi connectivity index (χ1v) is 5.60. The summed E-state index contributed by atoms with van der Waals surface area (Å²) in [4.78, 5) is 0. The lowest BCUT2D eigenvalue weighted by atomic mass is 10.1. The number of nitrogens with one attached hydrogen (secondary N) is 1. The zero-order valence-corrected chi connectivity index (χ0v) is 9.89. The van der Waals surface area contributed by atoms with Crippen LogP contribution in [0, 0.1) is 5.82 Å². The van der Waals surface area contributed by atoms with E-state index in [0.29, 0.717) is 5.56 Å². The van der Waals surface area contributed by atoms with Gasteiger partial charge in [-0.3, -0.25) is 0 Å². The van der Waals surface area contributed by atoms with E-state index >= 15 is 0 Å². The van der Waals surface area contributed by atoms with Gasteiger partial charge in [0.15, 0.2) is 0 Å². The maximum atomic E-state index is 13.1. The quantitative estimate of drug-likeness (QED) is 0.728. The van der Waals surface area contributed by atoms with Gasteiger partial charge >= 0.3 is 0 Å². The molecule has 0 aliphatic rings. The molecular weight excluding hydrogens is 233 g/mol. The molecule has 3 nitrogen and oxygen atoms in total. The van der Waals surface area contributed by atoms with Crippen LogP contribution < -0.4 is 5.32 Å². The maximum absolute atomic E-state index is 13.1. The molecule has 2 rings (SSSR count). The van der Waals surface area contributed by atoms with Crippen LogP contribution in [0.2, 0.25) is 0 Å². The van der Waals surface area contributed by atoms with Crippen LogP contribution in [0.15, 0.2) is 42.5 Å². The molecule has 0 aromatic heterocycles. The van der Waals surface area contributed by atoms with Crippen molar-refractivity contribution >= 4 is 5.69 Å². The summed E-state index contributed by atoms with van der Waals surface area (Å²) in [6.45, 7) is 1.82. The average Bonchev–Trinajstić information content (AvgIpc) is 2.35. The molecule has 0 amide bonds. The molecular formula is C14H14FNO2. The first-order chi connectivity index (χ1) is 8.56. The van der Waals surface area contributed by atoms with Gasteiger partial charge in [0.1, 0.15) is 17.3 Å². The number of hydrogen-bond acceptors (Lipinski definition) is 3. The Bertz CT molecular complexity index is 540. The summed E-state index contributed by atoms with van der Waals surface area (Å²) in [5, 5.41) is 22.0. The second-order valence-electron chi connectivity index (χ2n) is 4.12. The van der Waals surface area contributed by atoms with Crippen molar-refractivity contribution < 1.29 is 14.6 Å². The molecule has 1 atom stereocenters. The average molecular weight is 247 g/mol. The van der Waals surface area contributed by atoms with Gasteiger partial charge in [0.05, 0.1) is 6.04 Å². The molecule has 0 saturated carbocycles. The van der Waals surface area contributed by atoms with Gasteiger partial charge in [-0.25, -0.2) is 4.39 Å². The summed E-state index contributed by atoms with van der Waals surface area (Å²) < 4.78 is 13.1. The van der Waals surface area contributed by atoms with Crippen molar-refractivity contribution in [2.24, 2.45) is 0 Å². The molecule has 3 N–H and O–H groups in total. The standard InChI is InChI=1S/C14H14FNO2/c1-9(13-8-10(15)2-7-14(13)18)16-11-3-5-12(17)6-4-11/h2-9,16-18H,1H3. The summed E-state index contributed by atoms with van der Waals surface area (Å²) >= 11 is 0. The molecule has 2 aromatic carbocycles. The minimum atomic E-state index is -0.387. The Morgan fingerprint density at radius 1 is 1.06 bits per heavy atom. The molecule has 0 fully saturated rings. The van der Waals surface area contributed by atoms with Crippen LogP contribution in [0.1, 0.15) is 18.5 Å². The molecule has 0 saturated heterocycles. The lowest BCUT2D eigenvalue weighted by Gasteiger charge is -2.17. The van der Waals surface area contributed by atoms with E-state index in [9.17, 15) is 14.6 Å². The highest BCUT2D eigenvalue weighted by molar-refractivity contribution is 5.49. The van der Waals surface area contributed by atoms with Crippen molar-refractivity contribution in [2.45, 2.75) is 13.0 Å². The number of anilines is 1. The van der Waals surface area contributed by atoms with Gasteiger partial charge in [0.2, 0.25) is 0 Å². The fourth-order valence-corrected chi connectivity index (χ4v) is 1.76.